The van der Waals surface area contributed by atoms with Gasteiger partial charge in [0.05, 0.1) is 30.2 Å². The van der Waals surface area contributed by atoms with Crippen LogP contribution < -0.4 is 5.56 Å². The van der Waals surface area contributed by atoms with Gasteiger partial charge in [0.25, 0.3) is 5.56 Å². The smallest absolute Gasteiger partial charge is 0.306 e. The topological polar surface area (TPSA) is 72.0 Å². The Bertz CT molecular complexity index is 639. The van der Waals surface area contributed by atoms with E-state index in [2.05, 4.69) is 14.7 Å². The summed E-state index contributed by atoms with van der Waals surface area (Å²) in [6.07, 6.45) is 0.360. The average Bonchev–Trinajstić information content (AvgIpc) is 2.43. The van der Waals surface area contributed by atoms with Crippen molar-refractivity contribution in [2.45, 2.75) is 12.2 Å². The summed E-state index contributed by atoms with van der Waals surface area (Å²) in [5, 5.41) is 0.589. The van der Waals surface area contributed by atoms with Gasteiger partial charge in [0.1, 0.15) is 5.82 Å². The minimum Gasteiger partial charge on any atom is -0.469 e. The number of para-hydroxylation sites is 1. The predicted octanol–water partition coefficient (Wildman–Crippen LogP) is 1.72. The van der Waals surface area contributed by atoms with Crippen molar-refractivity contribution in [2.24, 2.45) is 0 Å². The van der Waals surface area contributed by atoms with Crippen LogP contribution in [0.3, 0.4) is 0 Å². The lowest BCUT2D eigenvalue weighted by atomic mass is 10.2. The highest BCUT2D eigenvalue weighted by molar-refractivity contribution is 7.98. The van der Waals surface area contributed by atoms with Crippen molar-refractivity contribution in [3.63, 3.8) is 0 Å². The Labute approximate surface area is 114 Å². The number of nitrogens with one attached hydrogen (secondary N) is 1. The first-order chi connectivity index (χ1) is 9.20. The molecule has 0 saturated heterocycles. The van der Waals surface area contributed by atoms with E-state index < -0.39 is 0 Å². The van der Waals surface area contributed by atoms with E-state index in [0.717, 1.165) is 0 Å². The molecule has 0 aliphatic carbocycles. The van der Waals surface area contributed by atoms with Crippen LogP contribution in [0.1, 0.15) is 12.2 Å². The number of aromatic amines is 1. The number of ether oxygens (including phenoxy) is 1. The molecule has 0 atom stereocenters. The van der Waals surface area contributed by atoms with Crippen LogP contribution in [0.5, 0.6) is 0 Å². The lowest BCUT2D eigenvalue weighted by Crippen LogP contribution is -2.11. The van der Waals surface area contributed by atoms with Gasteiger partial charge in [-0.1, -0.05) is 12.1 Å². The van der Waals surface area contributed by atoms with E-state index in [0.29, 0.717) is 34.7 Å². The molecule has 100 valence electrons. The molecule has 0 bridgehead atoms. The number of esters is 1. The largest absolute Gasteiger partial charge is 0.469 e. The number of methoxy groups -OCH3 is 1. The maximum atomic E-state index is 11.8. The predicted molar refractivity (Wildman–Crippen MR) is 75.2 cm³/mol. The fraction of sp³-hybridized carbons (Fsp3) is 0.308. The Kier molecular flexibility index (Phi) is 4.57. The fourth-order valence-corrected chi connectivity index (χ4v) is 2.42. The molecule has 0 aliphatic rings. The van der Waals surface area contributed by atoms with E-state index in [9.17, 15) is 9.59 Å². The van der Waals surface area contributed by atoms with Crippen molar-refractivity contribution < 1.29 is 9.53 Å². The van der Waals surface area contributed by atoms with Gasteiger partial charge in [0, 0.05) is 5.75 Å². The number of carbonyl (C=O) groups excluding carboxylic acids is 1. The van der Waals surface area contributed by atoms with E-state index in [1.165, 1.54) is 18.9 Å². The van der Waals surface area contributed by atoms with Crippen LogP contribution in [0.4, 0.5) is 0 Å². The number of benzene rings is 1. The standard InChI is InChI=1S/C13H14N2O3S/c1-18-12(16)6-7-19-8-11-14-10-5-3-2-4-9(10)13(17)15-11/h2-5H,6-8H2,1H3,(H,14,15,17). The lowest BCUT2D eigenvalue weighted by molar-refractivity contribution is -0.140. The molecule has 0 amide bonds. The molecular weight excluding hydrogens is 264 g/mol. The summed E-state index contributed by atoms with van der Waals surface area (Å²) in [7, 11) is 1.37. The van der Waals surface area contributed by atoms with E-state index in [1.54, 1.807) is 6.07 Å². The normalized spacial score (nSPS) is 10.6. The van der Waals surface area contributed by atoms with Gasteiger partial charge < -0.3 is 9.72 Å². The number of H-pyrrole nitrogens is 1. The van der Waals surface area contributed by atoms with E-state index in [4.69, 9.17) is 0 Å². The molecule has 19 heavy (non-hydrogen) atoms. The van der Waals surface area contributed by atoms with Gasteiger partial charge in [0.2, 0.25) is 0 Å². The van der Waals surface area contributed by atoms with Crippen LogP contribution in [0.2, 0.25) is 0 Å². The minimum atomic E-state index is -0.229. The molecule has 5 nitrogen and oxygen atoms in total. The van der Waals surface area contributed by atoms with E-state index >= 15 is 0 Å². The first kappa shape index (κ1) is 13.6. The molecule has 0 radical (unpaired) electrons. The van der Waals surface area contributed by atoms with Crippen LogP contribution in [0, 0.1) is 0 Å². The first-order valence-electron chi connectivity index (χ1n) is 5.83. The van der Waals surface area contributed by atoms with Gasteiger partial charge in [-0.15, -0.1) is 0 Å². The number of hydrogen-bond donors (Lipinski definition) is 1. The van der Waals surface area contributed by atoms with Gasteiger partial charge in [0.15, 0.2) is 0 Å². The molecule has 1 aromatic carbocycles. The Morgan fingerprint density at radius 2 is 2.21 bits per heavy atom. The maximum Gasteiger partial charge on any atom is 0.306 e. The second-order valence-electron chi connectivity index (χ2n) is 3.91. The van der Waals surface area contributed by atoms with Gasteiger partial charge in [-0.3, -0.25) is 9.59 Å². The van der Waals surface area contributed by atoms with Crippen molar-refractivity contribution >= 4 is 28.6 Å². The number of fused-ring (bicyclic) bond motifs is 1. The summed E-state index contributed by atoms with van der Waals surface area (Å²) in [4.78, 5) is 29.9. The maximum absolute atomic E-state index is 11.8. The summed E-state index contributed by atoms with van der Waals surface area (Å²) < 4.78 is 4.55. The highest BCUT2D eigenvalue weighted by atomic mass is 32.2. The monoisotopic (exact) mass is 278 g/mol. The molecule has 2 aromatic rings. The van der Waals surface area contributed by atoms with Crippen molar-refractivity contribution in [1.82, 2.24) is 9.97 Å². The second kappa shape index (κ2) is 6.38. The van der Waals surface area contributed by atoms with Crippen LogP contribution in [-0.4, -0.2) is 28.8 Å². The van der Waals surface area contributed by atoms with Crippen molar-refractivity contribution in [2.75, 3.05) is 12.9 Å². The molecule has 6 heteroatoms. The lowest BCUT2D eigenvalue weighted by Gasteiger charge is -2.03. The average molecular weight is 278 g/mol. The number of carbonyl (C=O) groups is 1. The molecule has 0 aliphatic heterocycles. The summed E-state index contributed by atoms with van der Waals surface area (Å²) in [5.74, 6) is 1.60. The first-order valence-corrected chi connectivity index (χ1v) is 6.98. The second-order valence-corrected chi connectivity index (χ2v) is 5.01. The van der Waals surface area contributed by atoms with Crippen molar-refractivity contribution in [1.29, 1.82) is 0 Å². The molecule has 1 aromatic heterocycles. The number of nitrogens with zero attached hydrogens (tertiary/aromatic N) is 1. The number of rotatable bonds is 5. The van der Waals surface area contributed by atoms with E-state index in [-0.39, 0.29) is 11.5 Å². The van der Waals surface area contributed by atoms with Crippen molar-refractivity contribution in [3.8, 4) is 0 Å². The quantitative estimate of drug-likeness (QED) is 0.666. The third-order valence-electron chi connectivity index (χ3n) is 2.58. The third-order valence-corrected chi connectivity index (χ3v) is 3.55. The number of aromatic nitrogens is 2. The van der Waals surface area contributed by atoms with Gasteiger partial charge in [-0.25, -0.2) is 4.98 Å². The summed E-state index contributed by atoms with van der Waals surface area (Å²) >= 11 is 1.53. The van der Waals surface area contributed by atoms with Crippen LogP contribution >= 0.6 is 11.8 Å². The zero-order chi connectivity index (χ0) is 13.7. The van der Waals surface area contributed by atoms with Gasteiger partial charge in [-0.2, -0.15) is 11.8 Å². The highest BCUT2D eigenvalue weighted by Gasteiger charge is 2.04. The fourth-order valence-electron chi connectivity index (χ4n) is 1.63. The summed E-state index contributed by atoms with van der Waals surface area (Å²) in [5.41, 5.74) is 0.559. The SMILES string of the molecule is COC(=O)CCSCc1nc2ccccc2c(=O)[nH]1. The van der Waals surface area contributed by atoms with Crippen molar-refractivity contribution in [3.05, 3.63) is 40.4 Å². The van der Waals surface area contributed by atoms with Crippen LogP contribution in [-0.2, 0) is 15.3 Å². The Hall–Kier alpha value is -1.82. The Balaban J connectivity index is 2.02. The molecule has 0 fully saturated rings. The summed E-state index contributed by atoms with van der Waals surface area (Å²) in [6, 6.07) is 7.22. The Morgan fingerprint density at radius 1 is 1.42 bits per heavy atom. The van der Waals surface area contributed by atoms with Crippen LogP contribution in [0.25, 0.3) is 10.9 Å². The molecule has 0 saturated carbocycles. The zero-order valence-electron chi connectivity index (χ0n) is 10.5. The van der Waals surface area contributed by atoms with E-state index in [1.807, 2.05) is 18.2 Å². The molecule has 0 spiro atoms. The highest BCUT2D eigenvalue weighted by Crippen LogP contribution is 2.12. The molecule has 1 N–H and O–H groups in total. The Morgan fingerprint density at radius 3 is 3.00 bits per heavy atom. The molecule has 2 rings (SSSR count). The molecular formula is C13H14N2O3S. The summed E-state index contributed by atoms with van der Waals surface area (Å²) in [6.45, 7) is 0. The number of thioether (sulfide) groups is 1. The molecule has 0 unspecified atom stereocenters. The van der Waals surface area contributed by atoms with Crippen LogP contribution in [0.15, 0.2) is 29.1 Å². The number of hydrogen-bond acceptors (Lipinski definition) is 5. The molecule has 1 heterocycles. The van der Waals surface area contributed by atoms with Gasteiger partial charge >= 0.3 is 5.97 Å². The van der Waals surface area contributed by atoms with Gasteiger partial charge in [-0.05, 0) is 12.1 Å². The third kappa shape index (κ3) is 3.57. The zero-order valence-corrected chi connectivity index (χ0v) is 11.3. The minimum absolute atomic E-state index is 0.130.